The van der Waals surface area contributed by atoms with E-state index in [2.05, 4.69) is 53.9 Å². The zero-order valence-corrected chi connectivity index (χ0v) is 11.5. The Morgan fingerprint density at radius 3 is 2.80 bits per heavy atom. The normalized spacial score (nSPS) is 12.5. The average Bonchev–Trinajstić information content (AvgIpc) is 2.19. The first kappa shape index (κ1) is 12.6. The molecule has 0 fully saturated rings. The second-order valence-electron chi connectivity index (χ2n) is 3.92. The summed E-state index contributed by atoms with van der Waals surface area (Å²) in [5, 5.41) is 3.44. The fraction of sp³-hybridized carbons (Fsp3) is 0.500. The van der Waals surface area contributed by atoms with Gasteiger partial charge in [-0.2, -0.15) is 0 Å². The Hall–Kier alpha value is -0.450. The maximum atomic E-state index is 5.93. The van der Waals surface area contributed by atoms with Crippen molar-refractivity contribution < 1.29 is 0 Å². The summed E-state index contributed by atoms with van der Waals surface area (Å²) in [6.45, 7) is 4.42. The molecular weight excluding hydrogens is 299 g/mol. The van der Waals surface area contributed by atoms with Crippen molar-refractivity contribution in [1.29, 1.82) is 0 Å². The summed E-state index contributed by atoms with van der Waals surface area (Å²) in [4.78, 5) is 0. The number of nitrogens with two attached hydrogens (primary N) is 1. The molecule has 0 radical (unpaired) electrons. The summed E-state index contributed by atoms with van der Waals surface area (Å²) in [7, 11) is 0. The van der Waals surface area contributed by atoms with Gasteiger partial charge in [-0.1, -0.05) is 19.8 Å². The number of halogens is 1. The van der Waals surface area contributed by atoms with Gasteiger partial charge in [-0.05, 0) is 54.1 Å². The van der Waals surface area contributed by atoms with Gasteiger partial charge in [-0.3, -0.25) is 0 Å². The molecule has 84 valence electrons. The molecule has 0 spiro atoms. The smallest absolute Gasteiger partial charge is 0.0576 e. The van der Waals surface area contributed by atoms with E-state index < -0.39 is 0 Å². The van der Waals surface area contributed by atoms with Crippen molar-refractivity contribution >= 4 is 34.0 Å². The Labute approximate surface area is 106 Å². The van der Waals surface area contributed by atoms with Crippen LogP contribution in [0.2, 0.25) is 0 Å². The van der Waals surface area contributed by atoms with Crippen molar-refractivity contribution in [2.24, 2.45) is 0 Å². The molecule has 1 rings (SSSR count). The van der Waals surface area contributed by atoms with Crippen LogP contribution in [-0.4, -0.2) is 6.04 Å². The minimum absolute atomic E-state index is 0.493. The molecule has 1 atom stereocenters. The first-order chi connectivity index (χ1) is 7.13. The molecule has 0 aliphatic heterocycles. The molecule has 1 aromatic rings. The van der Waals surface area contributed by atoms with Crippen molar-refractivity contribution in [3.8, 4) is 0 Å². The number of rotatable bonds is 5. The molecule has 1 aromatic carbocycles. The number of unbranched alkanes of at least 4 members (excludes halogenated alkanes) is 1. The summed E-state index contributed by atoms with van der Waals surface area (Å²) in [6.07, 6.45) is 3.70. The van der Waals surface area contributed by atoms with E-state index in [-0.39, 0.29) is 0 Å². The Kier molecular flexibility index (Phi) is 5.22. The van der Waals surface area contributed by atoms with Crippen molar-refractivity contribution in [3.63, 3.8) is 0 Å². The highest BCUT2D eigenvalue weighted by Crippen LogP contribution is 2.22. The SMILES string of the molecule is CCCCC(C)Nc1ccc(I)cc1N. The van der Waals surface area contributed by atoms with E-state index >= 15 is 0 Å². The molecule has 3 N–H and O–H groups in total. The van der Waals surface area contributed by atoms with Gasteiger partial charge in [0.25, 0.3) is 0 Å². The lowest BCUT2D eigenvalue weighted by molar-refractivity contribution is 0.645. The fourth-order valence-corrected chi connectivity index (χ4v) is 2.03. The number of anilines is 2. The number of nitrogen functional groups attached to an aromatic ring is 1. The third-order valence-electron chi connectivity index (χ3n) is 2.41. The molecule has 0 aromatic heterocycles. The molecular formula is C12H19IN2. The molecule has 0 saturated carbocycles. The van der Waals surface area contributed by atoms with Crippen molar-refractivity contribution in [2.45, 2.75) is 39.2 Å². The molecule has 15 heavy (non-hydrogen) atoms. The number of benzene rings is 1. The molecule has 0 heterocycles. The van der Waals surface area contributed by atoms with Crippen LogP contribution in [0.5, 0.6) is 0 Å². The van der Waals surface area contributed by atoms with Crippen molar-refractivity contribution in [3.05, 3.63) is 21.8 Å². The maximum Gasteiger partial charge on any atom is 0.0576 e. The van der Waals surface area contributed by atoms with E-state index in [9.17, 15) is 0 Å². The molecule has 0 aliphatic carbocycles. The predicted octanol–water partition coefficient (Wildman–Crippen LogP) is 3.86. The molecule has 0 aliphatic rings. The lowest BCUT2D eigenvalue weighted by atomic mass is 10.1. The molecule has 0 bridgehead atoms. The summed E-state index contributed by atoms with van der Waals surface area (Å²) < 4.78 is 1.18. The van der Waals surface area contributed by atoms with Crippen LogP contribution in [0.4, 0.5) is 11.4 Å². The molecule has 0 saturated heterocycles. The first-order valence-electron chi connectivity index (χ1n) is 5.45. The summed E-state index contributed by atoms with van der Waals surface area (Å²) in [5.41, 5.74) is 7.82. The second kappa shape index (κ2) is 6.20. The lowest BCUT2D eigenvalue weighted by Gasteiger charge is -2.16. The monoisotopic (exact) mass is 318 g/mol. The van der Waals surface area contributed by atoms with Gasteiger partial charge in [0.15, 0.2) is 0 Å². The molecule has 3 heteroatoms. The Morgan fingerprint density at radius 2 is 2.20 bits per heavy atom. The predicted molar refractivity (Wildman–Crippen MR) is 76.2 cm³/mol. The van der Waals surface area contributed by atoms with Gasteiger partial charge < -0.3 is 11.1 Å². The van der Waals surface area contributed by atoms with Crippen LogP contribution in [0, 0.1) is 3.57 Å². The van der Waals surface area contributed by atoms with Crippen LogP contribution >= 0.6 is 22.6 Å². The van der Waals surface area contributed by atoms with E-state index in [0.29, 0.717) is 6.04 Å². The standard InChI is InChI=1S/C12H19IN2/c1-3-4-5-9(2)15-12-7-6-10(13)8-11(12)14/h6-9,15H,3-5,14H2,1-2H3. The van der Waals surface area contributed by atoms with E-state index in [1.54, 1.807) is 0 Å². The Balaban J connectivity index is 2.56. The minimum atomic E-state index is 0.493. The van der Waals surface area contributed by atoms with Crippen molar-refractivity contribution in [2.75, 3.05) is 11.1 Å². The van der Waals surface area contributed by atoms with E-state index in [0.717, 1.165) is 11.4 Å². The first-order valence-corrected chi connectivity index (χ1v) is 6.53. The molecule has 2 nitrogen and oxygen atoms in total. The largest absolute Gasteiger partial charge is 0.397 e. The second-order valence-corrected chi connectivity index (χ2v) is 5.16. The van der Waals surface area contributed by atoms with E-state index in [1.165, 1.54) is 22.8 Å². The van der Waals surface area contributed by atoms with Gasteiger partial charge in [-0.25, -0.2) is 0 Å². The van der Waals surface area contributed by atoms with Crippen LogP contribution < -0.4 is 11.1 Å². The summed E-state index contributed by atoms with van der Waals surface area (Å²) in [6, 6.07) is 6.62. The lowest BCUT2D eigenvalue weighted by Crippen LogP contribution is -2.15. The number of hydrogen-bond acceptors (Lipinski definition) is 2. The van der Waals surface area contributed by atoms with Gasteiger partial charge in [-0.15, -0.1) is 0 Å². The maximum absolute atomic E-state index is 5.93. The zero-order valence-electron chi connectivity index (χ0n) is 9.39. The van der Waals surface area contributed by atoms with Crippen LogP contribution in [0.25, 0.3) is 0 Å². The Bertz CT molecular complexity index is 312. The fourth-order valence-electron chi connectivity index (χ4n) is 1.51. The van der Waals surface area contributed by atoms with Gasteiger partial charge in [0.2, 0.25) is 0 Å². The highest BCUT2D eigenvalue weighted by Gasteiger charge is 2.04. The highest BCUT2D eigenvalue weighted by atomic mass is 127. The van der Waals surface area contributed by atoms with Gasteiger partial charge >= 0.3 is 0 Å². The Morgan fingerprint density at radius 1 is 1.47 bits per heavy atom. The number of nitrogens with one attached hydrogen (secondary N) is 1. The highest BCUT2D eigenvalue weighted by molar-refractivity contribution is 14.1. The van der Waals surface area contributed by atoms with Crippen LogP contribution in [0.15, 0.2) is 18.2 Å². The van der Waals surface area contributed by atoms with Crippen LogP contribution in [0.3, 0.4) is 0 Å². The molecule has 1 unspecified atom stereocenters. The summed E-state index contributed by atoms with van der Waals surface area (Å²) in [5.74, 6) is 0. The van der Waals surface area contributed by atoms with Crippen molar-refractivity contribution in [1.82, 2.24) is 0 Å². The average molecular weight is 318 g/mol. The summed E-state index contributed by atoms with van der Waals surface area (Å²) >= 11 is 2.27. The number of hydrogen-bond donors (Lipinski definition) is 2. The quantitative estimate of drug-likeness (QED) is 0.639. The third kappa shape index (κ3) is 4.28. The minimum Gasteiger partial charge on any atom is -0.397 e. The zero-order chi connectivity index (χ0) is 11.3. The van der Waals surface area contributed by atoms with E-state index in [4.69, 9.17) is 5.73 Å². The van der Waals surface area contributed by atoms with Gasteiger partial charge in [0.1, 0.15) is 0 Å². The van der Waals surface area contributed by atoms with Gasteiger partial charge in [0, 0.05) is 9.61 Å². The van der Waals surface area contributed by atoms with Crippen LogP contribution in [0.1, 0.15) is 33.1 Å². The molecule has 0 amide bonds. The van der Waals surface area contributed by atoms with E-state index in [1.807, 2.05) is 6.07 Å². The van der Waals surface area contributed by atoms with Gasteiger partial charge in [0.05, 0.1) is 11.4 Å². The third-order valence-corrected chi connectivity index (χ3v) is 3.08. The van der Waals surface area contributed by atoms with Crippen LogP contribution in [-0.2, 0) is 0 Å². The topological polar surface area (TPSA) is 38.0 Å².